The maximum absolute atomic E-state index is 4.40. The van der Waals surface area contributed by atoms with E-state index < -0.39 is 0 Å². The van der Waals surface area contributed by atoms with Crippen LogP contribution in [-0.4, -0.2) is 4.98 Å². The number of hydrogen-bond acceptors (Lipinski definition) is 3. The van der Waals surface area contributed by atoms with Crippen molar-refractivity contribution in [2.24, 2.45) is 0 Å². The van der Waals surface area contributed by atoms with E-state index in [9.17, 15) is 0 Å². The van der Waals surface area contributed by atoms with Crippen LogP contribution in [0.1, 0.15) is 28.3 Å². The van der Waals surface area contributed by atoms with Crippen LogP contribution < -0.4 is 5.32 Å². The fourth-order valence-electron chi connectivity index (χ4n) is 1.60. The zero-order chi connectivity index (χ0) is 12.4. The lowest BCUT2D eigenvalue weighted by molar-refractivity contribution is 0.894. The minimum absolute atomic E-state index is 0.278. The summed E-state index contributed by atoms with van der Waals surface area (Å²) in [7, 11) is 0. The molecule has 0 bridgehead atoms. The second-order valence-corrected chi connectivity index (χ2v) is 6.33. The summed E-state index contributed by atoms with van der Waals surface area (Å²) in [6.07, 6.45) is 1.87. The van der Waals surface area contributed by atoms with Crippen LogP contribution in [0.25, 0.3) is 0 Å². The van der Waals surface area contributed by atoms with Crippen molar-refractivity contribution in [1.82, 2.24) is 4.98 Å². The van der Waals surface area contributed by atoms with Gasteiger partial charge in [-0.1, -0.05) is 0 Å². The standard InChI is InChI=1S/C13H15BrN2S/c1-8-6-11(14)13(15-7-8)16-10(3)12-5-4-9(2)17-12/h4-7,10H,1-3H3,(H,15,16). The van der Waals surface area contributed by atoms with Crippen LogP contribution in [0, 0.1) is 13.8 Å². The van der Waals surface area contributed by atoms with Crippen molar-refractivity contribution < 1.29 is 0 Å². The highest BCUT2D eigenvalue weighted by Gasteiger charge is 2.10. The Morgan fingerprint density at radius 2 is 2.12 bits per heavy atom. The summed E-state index contributed by atoms with van der Waals surface area (Å²) >= 11 is 5.35. The van der Waals surface area contributed by atoms with Crippen LogP contribution in [0.2, 0.25) is 0 Å². The first-order chi connectivity index (χ1) is 8.06. The molecule has 0 aliphatic rings. The number of aryl methyl sites for hydroxylation is 2. The number of aromatic nitrogens is 1. The summed E-state index contributed by atoms with van der Waals surface area (Å²) in [4.78, 5) is 7.06. The smallest absolute Gasteiger partial charge is 0.140 e. The SMILES string of the molecule is Cc1cnc(NC(C)c2ccc(C)s2)c(Br)c1. The first-order valence-corrected chi connectivity index (χ1v) is 7.12. The van der Waals surface area contributed by atoms with Gasteiger partial charge in [0.05, 0.1) is 10.5 Å². The Labute approximate surface area is 114 Å². The van der Waals surface area contributed by atoms with Gasteiger partial charge in [0.25, 0.3) is 0 Å². The van der Waals surface area contributed by atoms with Crippen molar-refractivity contribution in [3.8, 4) is 0 Å². The number of nitrogens with one attached hydrogen (secondary N) is 1. The van der Waals surface area contributed by atoms with E-state index in [0.717, 1.165) is 15.9 Å². The van der Waals surface area contributed by atoms with Gasteiger partial charge in [-0.25, -0.2) is 4.98 Å². The van der Waals surface area contributed by atoms with Crippen LogP contribution in [0.4, 0.5) is 5.82 Å². The van der Waals surface area contributed by atoms with Crippen LogP contribution in [0.5, 0.6) is 0 Å². The predicted molar refractivity (Wildman–Crippen MR) is 77.8 cm³/mol. The van der Waals surface area contributed by atoms with Gasteiger partial charge in [-0.05, 0) is 60.5 Å². The summed E-state index contributed by atoms with van der Waals surface area (Å²) in [5.41, 5.74) is 1.15. The molecule has 0 saturated carbocycles. The number of hydrogen-bond donors (Lipinski definition) is 1. The van der Waals surface area contributed by atoms with E-state index in [0.29, 0.717) is 0 Å². The Kier molecular flexibility index (Phi) is 3.84. The van der Waals surface area contributed by atoms with Gasteiger partial charge in [0.2, 0.25) is 0 Å². The van der Waals surface area contributed by atoms with E-state index >= 15 is 0 Å². The molecule has 0 aliphatic heterocycles. The van der Waals surface area contributed by atoms with Gasteiger partial charge in [0, 0.05) is 16.0 Å². The summed E-state index contributed by atoms with van der Waals surface area (Å²) in [5, 5.41) is 3.42. The van der Waals surface area contributed by atoms with Gasteiger partial charge < -0.3 is 5.32 Å². The molecule has 2 aromatic rings. The van der Waals surface area contributed by atoms with Gasteiger partial charge in [0.1, 0.15) is 5.82 Å². The highest BCUT2D eigenvalue weighted by atomic mass is 79.9. The van der Waals surface area contributed by atoms with Crippen molar-refractivity contribution in [1.29, 1.82) is 0 Å². The molecule has 4 heteroatoms. The molecule has 1 unspecified atom stereocenters. The van der Waals surface area contributed by atoms with Crippen LogP contribution in [0.15, 0.2) is 28.9 Å². The number of halogens is 1. The normalized spacial score (nSPS) is 12.5. The van der Waals surface area contributed by atoms with Gasteiger partial charge in [-0.2, -0.15) is 0 Å². The molecular weight excluding hydrogens is 296 g/mol. The maximum atomic E-state index is 4.40. The Morgan fingerprint density at radius 1 is 1.35 bits per heavy atom. The second-order valence-electron chi connectivity index (χ2n) is 4.16. The average Bonchev–Trinajstić information content (AvgIpc) is 2.69. The number of pyridine rings is 1. The molecule has 1 atom stereocenters. The Bertz CT molecular complexity index is 522. The summed E-state index contributed by atoms with van der Waals surface area (Å²) in [6.45, 7) is 6.31. The van der Waals surface area contributed by atoms with Gasteiger partial charge in [0.15, 0.2) is 0 Å². The van der Waals surface area contributed by atoms with Crippen molar-refractivity contribution in [3.63, 3.8) is 0 Å². The van der Waals surface area contributed by atoms with Crippen LogP contribution in [0.3, 0.4) is 0 Å². The monoisotopic (exact) mass is 310 g/mol. The first kappa shape index (κ1) is 12.6. The van der Waals surface area contributed by atoms with E-state index in [1.165, 1.54) is 9.75 Å². The van der Waals surface area contributed by atoms with Crippen molar-refractivity contribution in [2.45, 2.75) is 26.8 Å². The van der Waals surface area contributed by atoms with Crippen LogP contribution >= 0.6 is 27.3 Å². The highest BCUT2D eigenvalue weighted by Crippen LogP contribution is 2.28. The van der Waals surface area contributed by atoms with E-state index in [1.807, 2.05) is 24.5 Å². The number of thiophene rings is 1. The second kappa shape index (κ2) is 5.19. The lowest BCUT2D eigenvalue weighted by Gasteiger charge is -2.14. The fourth-order valence-corrected chi connectivity index (χ4v) is 3.06. The first-order valence-electron chi connectivity index (χ1n) is 5.51. The van der Waals surface area contributed by atoms with Gasteiger partial charge >= 0.3 is 0 Å². The molecule has 90 valence electrons. The molecule has 2 aromatic heterocycles. The molecule has 0 fully saturated rings. The minimum atomic E-state index is 0.278. The number of anilines is 1. The van der Waals surface area contributed by atoms with Crippen molar-refractivity contribution >= 4 is 33.1 Å². The molecule has 0 spiro atoms. The summed E-state index contributed by atoms with van der Waals surface area (Å²) in [6, 6.07) is 6.66. The molecule has 0 saturated heterocycles. The predicted octanol–water partition coefficient (Wildman–Crippen LogP) is 4.70. The molecule has 0 aliphatic carbocycles. The Morgan fingerprint density at radius 3 is 2.71 bits per heavy atom. The topological polar surface area (TPSA) is 24.9 Å². The Hall–Kier alpha value is -0.870. The number of nitrogens with zero attached hydrogens (tertiary/aromatic N) is 1. The average molecular weight is 311 g/mol. The largest absolute Gasteiger partial charge is 0.362 e. The van der Waals surface area contributed by atoms with E-state index in [2.05, 4.69) is 58.3 Å². The summed E-state index contributed by atoms with van der Waals surface area (Å²) in [5.74, 6) is 0.897. The molecule has 0 radical (unpaired) electrons. The summed E-state index contributed by atoms with van der Waals surface area (Å²) < 4.78 is 1.01. The van der Waals surface area contributed by atoms with E-state index in [1.54, 1.807) is 0 Å². The molecule has 0 aromatic carbocycles. The highest BCUT2D eigenvalue weighted by molar-refractivity contribution is 9.10. The molecule has 2 rings (SSSR count). The fraction of sp³-hybridized carbons (Fsp3) is 0.308. The molecule has 0 amide bonds. The third kappa shape index (κ3) is 3.07. The van der Waals surface area contributed by atoms with Crippen molar-refractivity contribution in [2.75, 3.05) is 5.32 Å². The molecule has 2 heterocycles. The lowest BCUT2D eigenvalue weighted by atomic mass is 10.2. The van der Waals surface area contributed by atoms with Crippen LogP contribution in [-0.2, 0) is 0 Å². The number of rotatable bonds is 3. The molecule has 2 nitrogen and oxygen atoms in total. The minimum Gasteiger partial charge on any atom is -0.362 e. The van der Waals surface area contributed by atoms with Gasteiger partial charge in [-0.3, -0.25) is 0 Å². The lowest BCUT2D eigenvalue weighted by Crippen LogP contribution is -2.07. The molecule has 17 heavy (non-hydrogen) atoms. The van der Waals surface area contributed by atoms with Crippen molar-refractivity contribution in [3.05, 3.63) is 44.2 Å². The zero-order valence-electron chi connectivity index (χ0n) is 10.1. The van der Waals surface area contributed by atoms with E-state index in [4.69, 9.17) is 0 Å². The zero-order valence-corrected chi connectivity index (χ0v) is 12.5. The third-order valence-electron chi connectivity index (χ3n) is 2.52. The Balaban J connectivity index is 2.15. The van der Waals surface area contributed by atoms with E-state index in [-0.39, 0.29) is 6.04 Å². The molecular formula is C13H15BrN2S. The molecule has 1 N–H and O–H groups in total. The third-order valence-corrected chi connectivity index (χ3v) is 4.31. The quantitative estimate of drug-likeness (QED) is 0.889. The maximum Gasteiger partial charge on any atom is 0.140 e. The van der Waals surface area contributed by atoms with Gasteiger partial charge in [-0.15, -0.1) is 11.3 Å².